The highest BCUT2D eigenvalue weighted by Gasteiger charge is 2.24. The Morgan fingerprint density at radius 2 is 0.833 bits per heavy atom. The molecule has 0 heterocycles. The molecule has 0 radical (unpaired) electrons. The van der Waals surface area contributed by atoms with E-state index in [4.69, 9.17) is 9.47 Å². The molecule has 2 N–H and O–H groups in total. The maximum absolute atomic E-state index is 13.4. The van der Waals surface area contributed by atoms with Crippen molar-refractivity contribution in [1.82, 2.24) is 0 Å². The summed E-state index contributed by atoms with van der Waals surface area (Å²) >= 11 is 0. The summed E-state index contributed by atoms with van der Waals surface area (Å²) in [5, 5.41) is 19.4. The zero-order valence-electron chi connectivity index (χ0n) is 25.4. The van der Waals surface area contributed by atoms with E-state index < -0.39 is 58.3 Å². The lowest BCUT2D eigenvalue weighted by molar-refractivity contribution is 0.0457. The minimum Gasteiger partial charge on any atom is -0.478 e. The van der Waals surface area contributed by atoms with E-state index in [9.17, 15) is 43.8 Å². The summed E-state index contributed by atoms with van der Waals surface area (Å²) in [6, 6.07) is 18.4. The van der Waals surface area contributed by atoms with Crippen LogP contribution in [0.3, 0.4) is 0 Å². The average molecular weight is 655 g/mol. The van der Waals surface area contributed by atoms with Gasteiger partial charge in [0.15, 0.2) is 5.78 Å². The second kappa shape index (κ2) is 15.1. The molecule has 13 nitrogen and oxygen atoms in total. The number of rotatable bonds is 12. The van der Waals surface area contributed by atoms with E-state index >= 15 is 0 Å². The fourth-order valence-corrected chi connectivity index (χ4v) is 4.41. The first-order valence-corrected chi connectivity index (χ1v) is 13.9. The number of ether oxygens (including phenoxy) is 4. The van der Waals surface area contributed by atoms with Crippen molar-refractivity contribution in [3.8, 4) is 0 Å². The number of hydrogen-bond acceptors (Lipinski definition) is 11. The second-order valence-electron chi connectivity index (χ2n) is 9.99. The first kappa shape index (κ1) is 34.2. The van der Waals surface area contributed by atoms with E-state index in [1.54, 1.807) is 0 Å². The SMILES string of the molecule is COC(=O)c1ccc(COC(=O)c2ccc(C(=O)c3ccc(C(=O)O)c(C(=O)OCc4ccc(C(=O)OC)cc4)c3)cc2C(=O)O)cc1. The van der Waals surface area contributed by atoms with Crippen LogP contribution in [0.1, 0.15) is 89.2 Å². The van der Waals surface area contributed by atoms with Gasteiger partial charge in [-0.15, -0.1) is 0 Å². The Balaban J connectivity index is 1.52. The highest BCUT2D eigenvalue weighted by molar-refractivity contribution is 6.13. The number of benzene rings is 4. The molecule has 0 aliphatic rings. The molecule has 0 fully saturated rings. The van der Waals surface area contributed by atoms with Gasteiger partial charge in [-0.25, -0.2) is 28.8 Å². The number of methoxy groups -OCH3 is 2. The van der Waals surface area contributed by atoms with E-state index in [0.717, 1.165) is 30.3 Å². The lowest BCUT2D eigenvalue weighted by atomic mass is 9.95. The normalized spacial score (nSPS) is 10.4. The van der Waals surface area contributed by atoms with Gasteiger partial charge in [0.1, 0.15) is 13.2 Å². The average Bonchev–Trinajstić information content (AvgIpc) is 3.11. The summed E-state index contributed by atoms with van der Waals surface area (Å²) < 4.78 is 19.8. The summed E-state index contributed by atoms with van der Waals surface area (Å²) in [5.74, 6) is -6.90. The number of carbonyl (C=O) groups is 7. The van der Waals surface area contributed by atoms with Crippen molar-refractivity contribution < 1.29 is 62.7 Å². The monoisotopic (exact) mass is 654 g/mol. The molecule has 0 aliphatic carbocycles. The van der Waals surface area contributed by atoms with Gasteiger partial charge in [0.05, 0.1) is 47.6 Å². The van der Waals surface area contributed by atoms with E-state index in [2.05, 4.69) is 9.47 Å². The minimum absolute atomic E-state index is 0.156. The van der Waals surface area contributed by atoms with Crippen molar-refractivity contribution in [3.63, 3.8) is 0 Å². The third-order valence-corrected chi connectivity index (χ3v) is 6.95. The van der Waals surface area contributed by atoms with Crippen LogP contribution in [-0.4, -0.2) is 66.0 Å². The number of hydrogen-bond donors (Lipinski definition) is 2. The highest BCUT2D eigenvalue weighted by Crippen LogP contribution is 2.21. The molecule has 0 saturated heterocycles. The Bertz CT molecular complexity index is 1920. The first-order chi connectivity index (χ1) is 22.9. The number of carboxylic acids is 2. The van der Waals surface area contributed by atoms with Gasteiger partial charge < -0.3 is 29.2 Å². The van der Waals surface area contributed by atoms with Gasteiger partial charge in [0, 0.05) is 11.1 Å². The fourth-order valence-electron chi connectivity index (χ4n) is 4.41. The quantitative estimate of drug-likeness (QED) is 0.122. The van der Waals surface area contributed by atoms with Gasteiger partial charge in [-0.05, 0) is 59.7 Å². The van der Waals surface area contributed by atoms with Gasteiger partial charge in [-0.1, -0.05) is 36.4 Å². The van der Waals surface area contributed by atoms with Crippen LogP contribution < -0.4 is 0 Å². The molecule has 4 aromatic rings. The summed E-state index contributed by atoms with van der Waals surface area (Å²) in [5.41, 5.74) is -0.529. The molecular formula is C35H26O13. The molecule has 4 aromatic carbocycles. The van der Waals surface area contributed by atoms with Gasteiger partial charge in [0.25, 0.3) is 0 Å². The smallest absolute Gasteiger partial charge is 0.339 e. The van der Waals surface area contributed by atoms with Crippen LogP contribution in [0.5, 0.6) is 0 Å². The predicted molar refractivity (Wildman–Crippen MR) is 164 cm³/mol. The molecule has 0 aromatic heterocycles. The standard InChI is InChI=1S/C35H26O13/c1-45-32(41)21-7-3-19(4-8-21)17-47-34(43)26-14-12-23(15-27(26)31(39)40)29(36)24-11-13-25(30(37)38)28(16-24)35(44)48-18-20-5-9-22(10-6-20)33(42)46-2/h3-16H,17-18H2,1-2H3,(H,37,38)(H,39,40). The molecule has 0 spiro atoms. The lowest BCUT2D eigenvalue weighted by Crippen LogP contribution is -2.15. The van der Waals surface area contributed by atoms with Crippen molar-refractivity contribution >= 4 is 41.6 Å². The van der Waals surface area contributed by atoms with Gasteiger partial charge in [-0.3, -0.25) is 4.79 Å². The van der Waals surface area contributed by atoms with Gasteiger partial charge >= 0.3 is 35.8 Å². The third-order valence-electron chi connectivity index (χ3n) is 6.95. The zero-order chi connectivity index (χ0) is 35.0. The highest BCUT2D eigenvalue weighted by atomic mass is 16.5. The van der Waals surface area contributed by atoms with Crippen molar-refractivity contribution in [1.29, 1.82) is 0 Å². The summed E-state index contributed by atoms with van der Waals surface area (Å²) in [6.45, 7) is -0.524. The van der Waals surface area contributed by atoms with Crippen LogP contribution in [0.2, 0.25) is 0 Å². The molecule has 0 bridgehead atoms. The van der Waals surface area contributed by atoms with Crippen molar-refractivity contribution in [2.75, 3.05) is 14.2 Å². The first-order valence-electron chi connectivity index (χ1n) is 13.9. The maximum Gasteiger partial charge on any atom is 0.339 e. The summed E-state index contributed by atoms with van der Waals surface area (Å²) in [4.78, 5) is 86.2. The maximum atomic E-state index is 13.4. The molecule has 13 heteroatoms. The minimum atomic E-state index is -1.52. The van der Waals surface area contributed by atoms with Crippen LogP contribution in [0.15, 0.2) is 84.9 Å². The van der Waals surface area contributed by atoms with E-state index in [0.29, 0.717) is 11.1 Å². The summed E-state index contributed by atoms with van der Waals surface area (Å²) in [7, 11) is 2.46. The summed E-state index contributed by atoms with van der Waals surface area (Å²) in [6.07, 6.45) is 0. The Morgan fingerprint density at radius 3 is 1.25 bits per heavy atom. The van der Waals surface area contributed by atoms with Crippen LogP contribution in [0.25, 0.3) is 0 Å². The number of aromatic carboxylic acids is 2. The molecular weight excluding hydrogens is 628 g/mol. The lowest BCUT2D eigenvalue weighted by Gasteiger charge is -2.11. The fraction of sp³-hybridized carbons (Fsp3) is 0.114. The van der Waals surface area contributed by atoms with E-state index in [1.165, 1.54) is 68.8 Å². The van der Waals surface area contributed by atoms with Crippen LogP contribution in [0, 0.1) is 0 Å². The Morgan fingerprint density at radius 1 is 0.458 bits per heavy atom. The molecule has 0 atom stereocenters. The van der Waals surface area contributed by atoms with E-state index in [1.807, 2.05) is 0 Å². The van der Waals surface area contributed by atoms with Crippen molar-refractivity contribution in [3.05, 3.63) is 141 Å². The van der Waals surface area contributed by atoms with Crippen LogP contribution in [0.4, 0.5) is 0 Å². The Labute approximate surface area is 272 Å². The number of ketones is 1. The number of esters is 4. The second-order valence-corrected chi connectivity index (χ2v) is 9.99. The Hall–Kier alpha value is -6.63. The van der Waals surface area contributed by atoms with Crippen LogP contribution >= 0.6 is 0 Å². The van der Waals surface area contributed by atoms with Gasteiger partial charge in [-0.2, -0.15) is 0 Å². The van der Waals surface area contributed by atoms with E-state index in [-0.39, 0.29) is 41.0 Å². The molecule has 0 aliphatic heterocycles. The van der Waals surface area contributed by atoms with Gasteiger partial charge in [0.2, 0.25) is 0 Å². The molecule has 4 rings (SSSR count). The molecule has 0 saturated carbocycles. The molecule has 0 amide bonds. The molecule has 0 unspecified atom stereocenters. The van der Waals surface area contributed by atoms with Crippen molar-refractivity contribution in [2.45, 2.75) is 13.2 Å². The number of carboxylic acid groups (broad SMARTS) is 2. The topological polar surface area (TPSA) is 197 Å². The third kappa shape index (κ3) is 7.95. The molecule has 244 valence electrons. The molecule has 48 heavy (non-hydrogen) atoms. The largest absolute Gasteiger partial charge is 0.478 e. The van der Waals surface area contributed by atoms with Crippen LogP contribution in [-0.2, 0) is 32.2 Å². The predicted octanol–water partition coefficient (Wildman–Crippen LogP) is 4.60. The Kier molecular flexibility index (Phi) is 10.8. The van der Waals surface area contributed by atoms with Crippen molar-refractivity contribution in [2.24, 2.45) is 0 Å². The number of carbonyl (C=O) groups excluding carboxylic acids is 5. The zero-order valence-corrected chi connectivity index (χ0v) is 25.4.